The fourth-order valence-corrected chi connectivity index (χ4v) is 5.93. The average molecular weight is 449 g/mol. The number of carboxylic acid groups (broad SMARTS) is 1. The predicted molar refractivity (Wildman–Crippen MR) is 117 cm³/mol. The molecule has 1 saturated heterocycles. The molecule has 1 aliphatic carbocycles. The Morgan fingerprint density at radius 3 is 2.80 bits per heavy atom. The molecule has 0 saturated carbocycles. The van der Waals surface area contributed by atoms with Gasteiger partial charge in [-0.25, -0.2) is 10.7 Å². The topological polar surface area (TPSA) is 92.9 Å². The van der Waals surface area contributed by atoms with Crippen molar-refractivity contribution in [1.29, 1.82) is 0 Å². The van der Waals surface area contributed by atoms with Crippen molar-refractivity contribution >= 4 is 34.8 Å². The number of carboxylic acids is 1. The van der Waals surface area contributed by atoms with Crippen LogP contribution in [-0.4, -0.2) is 41.1 Å². The first kappa shape index (κ1) is 21.3. The zero-order valence-corrected chi connectivity index (χ0v) is 18.6. The molecule has 1 aromatic heterocycles. The van der Waals surface area contributed by atoms with E-state index in [1.165, 1.54) is 11.3 Å². The minimum absolute atomic E-state index is 0.0509. The molecule has 4 rings (SSSR count). The molecule has 2 aliphatic rings. The highest BCUT2D eigenvalue weighted by Gasteiger charge is 2.35. The highest BCUT2D eigenvalue weighted by Crippen LogP contribution is 2.46. The number of halogens is 1. The van der Waals surface area contributed by atoms with Crippen LogP contribution in [0, 0.1) is 5.41 Å². The molecular weight excluding hydrogens is 424 g/mol. The van der Waals surface area contributed by atoms with Crippen molar-refractivity contribution in [2.45, 2.75) is 45.6 Å². The van der Waals surface area contributed by atoms with Crippen LogP contribution in [0.1, 0.15) is 57.8 Å². The zero-order valence-electron chi connectivity index (χ0n) is 17.0. The molecule has 2 aromatic rings. The first-order valence-electron chi connectivity index (χ1n) is 10.0. The Kier molecular flexibility index (Phi) is 5.66. The number of aryl methyl sites for hydroxylation is 1. The molecule has 1 aliphatic heterocycles. The van der Waals surface area contributed by atoms with Gasteiger partial charge >= 0.3 is 5.97 Å². The third-order valence-corrected chi connectivity index (χ3v) is 7.63. The van der Waals surface area contributed by atoms with Crippen LogP contribution in [0.3, 0.4) is 0 Å². The number of carbonyl (C=O) groups excluding carboxylic acids is 1. The zero-order chi connectivity index (χ0) is 21.6. The summed E-state index contributed by atoms with van der Waals surface area (Å²) in [5, 5.41) is 10.5. The van der Waals surface area contributed by atoms with Gasteiger partial charge < -0.3 is 10.0 Å². The fourth-order valence-electron chi connectivity index (χ4n) is 4.42. The Morgan fingerprint density at radius 1 is 1.37 bits per heavy atom. The molecule has 1 aromatic carbocycles. The van der Waals surface area contributed by atoms with E-state index >= 15 is 0 Å². The number of amides is 1. The molecule has 2 heterocycles. The molecule has 1 fully saturated rings. The summed E-state index contributed by atoms with van der Waals surface area (Å²) in [6, 6.07) is 5.06. The lowest BCUT2D eigenvalue weighted by atomic mass is 9.76. The number of thiophene rings is 1. The lowest BCUT2D eigenvalue weighted by Gasteiger charge is -2.29. The summed E-state index contributed by atoms with van der Waals surface area (Å²) in [5.74, 6) is 4.16. The molecule has 1 atom stereocenters. The molecule has 0 radical (unpaired) electrons. The third-order valence-electron chi connectivity index (χ3n) is 6.07. The van der Waals surface area contributed by atoms with E-state index in [-0.39, 0.29) is 17.4 Å². The van der Waals surface area contributed by atoms with Crippen LogP contribution in [0.15, 0.2) is 18.2 Å². The summed E-state index contributed by atoms with van der Waals surface area (Å²) in [6.07, 6.45) is 3.06. The van der Waals surface area contributed by atoms with E-state index < -0.39 is 5.97 Å². The molecule has 30 heavy (non-hydrogen) atoms. The van der Waals surface area contributed by atoms with Gasteiger partial charge in [-0.2, -0.15) is 0 Å². The number of benzene rings is 1. The summed E-state index contributed by atoms with van der Waals surface area (Å²) < 4.78 is 0. The van der Waals surface area contributed by atoms with E-state index in [2.05, 4.69) is 13.8 Å². The van der Waals surface area contributed by atoms with Crippen molar-refractivity contribution in [2.75, 3.05) is 13.1 Å². The quantitative estimate of drug-likeness (QED) is 0.677. The van der Waals surface area contributed by atoms with Crippen LogP contribution in [0.4, 0.5) is 0 Å². The monoisotopic (exact) mass is 448 g/mol. The molecule has 160 valence electrons. The van der Waals surface area contributed by atoms with Crippen LogP contribution in [-0.2, 0) is 17.7 Å². The Morgan fingerprint density at radius 2 is 2.13 bits per heavy atom. The Balaban J connectivity index is 1.82. The number of carbonyl (C=O) groups is 2. The molecule has 0 spiro atoms. The first-order valence-corrected chi connectivity index (χ1v) is 11.2. The van der Waals surface area contributed by atoms with Crippen molar-refractivity contribution in [3.63, 3.8) is 0 Å². The van der Waals surface area contributed by atoms with Crippen molar-refractivity contribution in [3.8, 4) is 10.4 Å². The summed E-state index contributed by atoms with van der Waals surface area (Å²) in [5.41, 5.74) is 2.30. The molecular formula is C22H25ClN2O4S. The van der Waals surface area contributed by atoms with Crippen LogP contribution >= 0.6 is 22.9 Å². The van der Waals surface area contributed by atoms with E-state index in [9.17, 15) is 14.7 Å². The number of nitrogens with zero attached hydrogens (tertiary/aromatic N) is 1. The second-order valence-corrected chi connectivity index (χ2v) is 10.4. The maximum absolute atomic E-state index is 13.3. The van der Waals surface area contributed by atoms with Crippen LogP contribution in [0.5, 0.6) is 0 Å². The van der Waals surface area contributed by atoms with Gasteiger partial charge in [-0.15, -0.1) is 11.3 Å². The number of rotatable bonds is 4. The van der Waals surface area contributed by atoms with Crippen LogP contribution in [0.25, 0.3) is 10.4 Å². The number of nitrogens with two attached hydrogens (primary N) is 1. The highest BCUT2D eigenvalue weighted by atomic mass is 35.5. The first-order chi connectivity index (χ1) is 14.2. The number of likely N-dealkylation sites (tertiary alicyclic amines) is 1. The third kappa shape index (κ3) is 3.87. The maximum Gasteiger partial charge on any atom is 0.337 e. The van der Waals surface area contributed by atoms with Crippen molar-refractivity contribution < 1.29 is 19.5 Å². The lowest BCUT2D eigenvalue weighted by Crippen LogP contribution is -2.31. The van der Waals surface area contributed by atoms with E-state index in [1.807, 2.05) is 0 Å². The number of fused-ring (bicyclic) bond motifs is 1. The van der Waals surface area contributed by atoms with Gasteiger partial charge in [-0.3, -0.25) is 9.63 Å². The van der Waals surface area contributed by atoms with Crippen LogP contribution < -0.4 is 5.90 Å². The number of hydrogen-bond donors (Lipinski definition) is 2. The van der Waals surface area contributed by atoms with Crippen molar-refractivity contribution in [2.24, 2.45) is 11.3 Å². The highest BCUT2D eigenvalue weighted by molar-refractivity contribution is 7.16. The maximum atomic E-state index is 13.3. The predicted octanol–water partition coefficient (Wildman–Crippen LogP) is 4.39. The van der Waals surface area contributed by atoms with E-state index in [0.29, 0.717) is 52.5 Å². The van der Waals surface area contributed by atoms with Gasteiger partial charge in [0.2, 0.25) is 0 Å². The lowest BCUT2D eigenvalue weighted by molar-refractivity contribution is 0.0537. The van der Waals surface area contributed by atoms with Gasteiger partial charge in [0, 0.05) is 34.1 Å². The largest absolute Gasteiger partial charge is 0.478 e. The Hall–Kier alpha value is -1.93. The van der Waals surface area contributed by atoms with Crippen molar-refractivity contribution in [1.82, 2.24) is 4.90 Å². The van der Waals surface area contributed by atoms with Gasteiger partial charge in [-0.05, 0) is 54.9 Å². The minimum Gasteiger partial charge on any atom is -0.478 e. The number of hydrogen-bond acceptors (Lipinski definition) is 5. The van der Waals surface area contributed by atoms with Gasteiger partial charge in [0.25, 0.3) is 5.91 Å². The average Bonchev–Trinajstić information content (AvgIpc) is 3.31. The Bertz CT molecular complexity index is 1020. The summed E-state index contributed by atoms with van der Waals surface area (Å²) in [7, 11) is 0. The summed E-state index contributed by atoms with van der Waals surface area (Å²) in [6.45, 7) is 5.29. The number of aromatic carboxylic acids is 1. The second kappa shape index (κ2) is 7.96. The smallest absolute Gasteiger partial charge is 0.337 e. The van der Waals surface area contributed by atoms with E-state index in [4.69, 9.17) is 22.3 Å². The summed E-state index contributed by atoms with van der Waals surface area (Å²) >= 11 is 7.75. The van der Waals surface area contributed by atoms with Gasteiger partial charge in [0.05, 0.1) is 16.5 Å². The van der Waals surface area contributed by atoms with Gasteiger partial charge in [-0.1, -0.05) is 25.4 Å². The minimum atomic E-state index is -0.962. The van der Waals surface area contributed by atoms with E-state index in [1.54, 1.807) is 23.1 Å². The van der Waals surface area contributed by atoms with Crippen LogP contribution in [0.2, 0.25) is 5.02 Å². The molecule has 0 bridgehead atoms. The molecule has 1 amide bonds. The van der Waals surface area contributed by atoms with Crippen molar-refractivity contribution in [3.05, 3.63) is 44.8 Å². The molecule has 6 nitrogen and oxygen atoms in total. The van der Waals surface area contributed by atoms with Gasteiger partial charge in [0.15, 0.2) is 0 Å². The molecule has 8 heteroatoms. The normalized spacial score (nSPS) is 20.3. The summed E-state index contributed by atoms with van der Waals surface area (Å²) in [4.78, 5) is 33.9. The van der Waals surface area contributed by atoms with Gasteiger partial charge in [0.1, 0.15) is 0 Å². The SMILES string of the molecule is CC1(C)CCc2sc(-c3cc(Cl)ccc3C(=O)N3CC[C@@H](ON)C3)c(C(=O)O)c2C1. The van der Waals surface area contributed by atoms with E-state index in [0.717, 1.165) is 23.3 Å². The molecule has 3 N–H and O–H groups in total. The fraction of sp³-hybridized carbons (Fsp3) is 0.455. The molecule has 0 unspecified atom stereocenters. The second-order valence-electron chi connectivity index (χ2n) is 8.84. The standard InChI is InChI=1S/C22H25ClN2O4S/c1-22(2)7-5-17-16(10-22)18(21(27)28)19(30-17)15-9-12(23)3-4-14(15)20(26)25-8-6-13(11-25)29-24/h3-4,9,13H,5-8,10-11,24H2,1-2H3,(H,27,28)/t13-/m1/s1. The Labute approximate surface area is 184 Å².